The van der Waals surface area contributed by atoms with Gasteiger partial charge in [0.2, 0.25) is 5.91 Å². The van der Waals surface area contributed by atoms with Crippen molar-refractivity contribution in [2.45, 2.75) is 46.5 Å². The van der Waals surface area contributed by atoms with Gasteiger partial charge in [0.1, 0.15) is 12.4 Å². The van der Waals surface area contributed by atoms with Crippen LogP contribution in [0.2, 0.25) is 0 Å². The van der Waals surface area contributed by atoms with Gasteiger partial charge in [-0.15, -0.1) is 0 Å². The number of benzene rings is 2. The Morgan fingerprint density at radius 3 is 2.40 bits per heavy atom. The van der Waals surface area contributed by atoms with Gasteiger partial charge in [0.15, 0.2) is 0 Å². The SMILES string of the molecule is COCCCN(CC(=O)Nc1cc(C(C)(C)C)nn1-c1ccc(C)cc1C)C(=O)c1ccccc1. The molecular weight excluding hydrogens is 440 g/mol. The highest BCUT2D eigenvalue weighted by Gasteiger charge is 2.24. The molecule has 35 heavy (non-hydrogen) atoms. The first-order valence-electron chi connectivity index (χ1n) is 11.9. The first-order valence-corrected chi connectivity index (χ1v) is 11.9. The summed E-state index contributed by atoms with van der Waals surface area (Å²) in [5.41, 5.74) is 4.34. The van der Waals surface area contributed by atoms with Crippen molar-refractivity contribution < 1.29 is 14.3 Å². The summed E-state index contributed by atoms with van der Waals surface area (Å²) in [5, 5.41) is 7.83. The number of carbonyl (C=O) groups is 2. The highest BCUT2D eigenvalue weighted by atomic mass is 16.5. The van der Waals surface area contributed by atoms with Crippen LogP contribution >= 0.6 is 0 Å². The number of aromatic nitrogens is 2. The minimum atomic E-state index is -0.280. The number of nitrogens with one attached hydrogen (secondary N) is 1. The van der Waals surface area contributed by atoms with E-state index >= 15 is 0 Å². The van der Waals surface area contributed by atoms with Crippen molar-refractivity contribution in [1.82, 2.24) is 14.7 Å². The van der Waals surface area contributed by atoms with E-state index in [1.807, 2.05) is 50.2 Å². The molecule has 2 aromatic carbocycles. The van der Waals surface area contributed by atoms with Crippen LogP contribution < -0.4 is 5.32 Å². The lowest BCUT2D eigenvalue weighted by Crippen LogP contribution is -2.39. The van der Waals surface area contributed by atoms with Gasteiger partial charge >= 0.3 is 0 Å². The summed E-state index contributed by atoms with van der Waals surface area (Å²) in [6.07, 6.45) is 0.636. The number of ether oxygens (including phenoxy) is 1. The van der Waals surface area contributed by atoms with Crippen molar-refractivity contribution in [2.75, 3.05) is 32.1 Å². The fraction of sp³-hybridized carbons (Fsp3) is 0.393. The average molecular weight is 477 g/mol. The molecule has 7 nitrogen and oxygen atoms in total. The molecule has 0 aliphatic carbocycles. The van der Waals surface area contributed by atoms with E-state index in [9.17, 15) is 9.59 Å². The number of hydrogen-bond donors (Lipinski definition) is 1. The Labute approximate surface area is 208 Å². The molecule has 2 amide bonds. The average Bonchev–Trinajstić information content (AvgIpc) is 3.22. The van der Waals surface area contributed by atoms with Crippen molar-refractivity contribution in [3.8, 4) is 5.69 Å². The summed E-state index contributed by atoms with van der Waals surface area (Å²) < 4.78 is 6.93. The topological polar surface area (TPSA) is 76.5 Å². The molecule has 0 unspecified atom stereocenters. The monoisotopic (exact) mass is 476 g/mol. The van der Waals surface area contributed by atoms with Gasteiger partial charge in [-0.1, -0.05) is 56.7 Å². The highest BCUT2D eigenvalue weighted by Crippen LogP contribution is 2.27. The van der Waals surface area contributed by atoms with Gasteiger partial charge in [-0.2, -0.15) is 5.10 Å². The van der Waals surface area contributed by atoms with Crippen molar-refractivity contribution in [1.29, 1.82) is 0 Å². The number of hydrogen-bond acceptors (Lipinski definition) is 4. The first kappa shape index (κ1) is 26.2. The third kappa shape index (κ3) is 6.79. The quantitative estimate of drug-likeness (QED) is 0.446. The zero-order valence-corrected chi connectivity index (χ0v) is 21.6. The smallest absolute Gasteiger partial charge is 0.254 e. The normalized spacial score (nSPS) is 11.4. The molecular formula is C28H36N4O3. The summed E-state index contributed by atoms with van der Waals surface area (Å²) in [6, 6.07) is 17.1. The molecule has 186 valence electrons. The van der Waals surface area contributed by atoms with Gasteiger partial charge in [-0.25, -0.2) is 4.68 Å². The summed E-state index contributed by atoms with van der Waals surface area (Å²) in [5.74, 6) is 0.115. The third-order valence-corrected chi connectivity index (χ3v) is 5.74. The minimum absolute atomic E-state index is 0.0691. The number of carbonyl (C=O) groups excluding carboxylic acids is 2. The number of methoxy groups -OCH3 is 1. The predicted molar refractivity (Wildman–Crippen MR) is 139 cm³/mol. The molecule has 0 spiro atoms. The first-order chi connectivity index (χ1) is 16.6. The van der Waals surface area contributed by atoms with E-state index in [1.165, 1.54) is 0 Å². The maximum Gasteiger partial charge on any atom is 0.254 e. The van der Waals surface area contributed by atoms with Crippen LogP contribution in [0.4, 0.5) is 5.82 Å². The minimum Gasteiger partial charge on any atom is -0.385 e. The fourth-order valence-corrected chi connectivity index (χ4v) is 3.83. The zero-order valence-electron chi connectivity index (χ0n) is 21.6. The van der Waals surface area contributed by atoms with Gasteiger partial charge in [-0.05, 0) is 44.0 Å². The lowest BCUT2D eigenvalue weighted by molar-refractivity contribution is -0.117. The lowest BCUT2D eigenvalue weighted by Gasteiger charge is -2.22. The molecule has 7 heteroatoms. The largest absolute Gasteiger partial charge is 0.385 e. The van der Waals surface area contributed by atoms with Crippen LogP contribution in [-0.4, -0.2) is 53.3 Å². The van der Waals surface area contributed by atoms with E-state index in [2.05, 4.69) is 32.2 Å². The molecule has 0 radical (unpaired) electrons. The third-order valence-electron chi connectivity index (χ3n) is 5.74. The zero-order chi connectivity index (χ0) is 25.6. The molecule has 3 aromatic rings. The van der Waals surface area contributed by atoms with Crippen molar-refractivity contribution in [3.05, 3.63) is 77.0 Å². The Balaban J connectivity index is 1.87. The van der Waals surface area contributed by atoms with E-state index in [1.54, 1.807) is 28.8 Å². The number of nitrogens with zero attached hydrogens (tertiary/aromatic N) is 3. The maximum atomic E-state index is 13.2. The fourth-order valence-electron chi connectivity index (χ4n) is 3.83. The summed E-state index contributed by atoms with van der Waals surface area (Å²) in [6.45, 7) is 11.2. The van der Waals surface area contributed by atoms with Crippen LogP contribution in [0.25, 0.3) is 5.69 Å². The summed E-state index contributed by atoms with van der Waals surface area (Å²) in [4.78, 5) is 27.9. The number of aryl methyl sites for hydroxylation is 2. The Morgan fingerprint density at radius 1 is 1.06 bits per heavy atom. The lowest BCUT2D eigenvalue weighted by atomic mass is 9.92. The van der Waals surface area contributed by atoms with Crippen LogP contribution in [0.5, 0.6) is 0 Å². The molecule has 0 aliphatic heterocycles. The number of rotatable bonds is 9. The second-order valence-electron chi connectivity index (χ2n) is 9.85. The van der Waals surface area contributed by atoms with Crippen molar-refractivity contribution >= 4 is 17.6 Å². The standard InChI is InChI=1S/C28H36N4O3/c1-20-13-14-23(21(2)17-20)32-25(18-24(30-32)28(3,4)5)29-26(33)19-31(15-10-16-35-6)27(34)22-11-8-7-9-12-22/h7-9,11-14,17-18H,10,15-16,19H2,1-6H3,(H,29,33). The molecule has 0 fully saturated rings. The van der Waals surface area contributed by atoms with Gasteiger partial charge in [0, 0.05) is 37.3 Å². The second kappa shape index (κ2) is 11.3. The number of anilines is 1. The maximum absolute atomic E-state index is 13.2. The second-order valence-corrected chi connectivity index (χ2v) is 9.85. The van der Waals surface area contributed by atoms with Gasteiger partial charge in [-0.3, -0.25) is 9.59 Å². The molecule has 0 aliphatic rings. The van der Waals surface area contributed by atoms with Crippen molar-refractivity contribution in [3.63, 3.8) is 0 Å². The van der Waals surface area contributed by atoms with E-state index in [0.29, 0.717) is 31.0 Å². The predicted octanol–water partition coefficient (Wildman–Crippen LogP) is 4.90. The van der Waals surface area contributed by atoms with E-state index in [0.717, 1.165) is 22.5 Å². The van der Waals surface area contributed by atoms with Gasteiger partial charge < -0.3 is 15.0 Å². The molecule has 0 bridgehead atoms. The summed E-state index contributed by atoms with van der Waals surface area (Å²) >= 11 is 0. The van der Waals surface area contributed by atoms with Crippen LogP contribution in [0.1, 0.15) is 54.4 Å². The Bertz CT molecular complexity index is 1160. The highest BCUT2D eigenvalue weighted by molar-refractivity contribution is 5.99. The molecule has 3 rings (SSSR count). The molecule has 0 atom stereocenters. The van der Waals surface area contributed by atoms with Crippen LogP contribution in [-0.2, 0) is 14.9 Å². The van der Waals surface area contributed by atoms with Gasteiger partial charge in [0.05, 0.1) is 11.4 Å². The van der Waals surface area contributed by atoms with Crippen LogP contribution in [0.3, 0.4) is 0 Å². The Kier molecular flexibility index (Phi) is 8.46. The van der Waals surface area contributed by atoms with E-state index in [4.69, 9.17) is 9.84 Å². The number of amides is 2. The van der Waals surface area contributed by atoms with Crippen LogP contribution in [0, 0.1) is 13.8 Å². The van der Waals surface area contributed by atoms with E-state index < -0.39 is 0 Å². The molecule has 1 N–H and O–H groups in total. The Hall–Kier alpha value is -3.45. The molecule has 0 saturated heterocycles. The van der Waals surface area contributed by atoms with Gasteiger partial charge in [0.25, 0.3) is 5.91 Å². The molecule has 1 heterocycles. The molecule has 1 aromatic heterocycles. The van der Waals surface area contributed by atoms with E-state index in [-0.39, 0.29) is 23.8 Å². The van der Waals surface area contributed by atoms with Crippen LogP contribution in [0.15, 0.2) is 54.6 Å². The Morgan fingerprint density at radius 2 is 1.77 bits per heavy atom. The van der Waals surface area contributed by atoms with Crippen molar-refractivity contribution in [2.24, 2.45) is 0 Å². The molecule has 0 saturated carbocycles. The summed E-state index contributed by atoms with van der Waals surface area (Å²) in [7, 11) is 1.62.